The van der Waals surface area contributed by atoms with Gasteiger partial charge in [0.1, 0.15) is 16.2 Å². The van der Waals surface area contributed by atoms with E-state index in [-0.39, 0.29) is 11.2 Å². The zero-order valence-electron chi connectivity index (χ0n) is 16.7. The van der Waals surface area contributed by atoms with Gasteiger partial charge in [-0.05, 0) is 50.6 Å². The monoisotopic (exact) mass is 449 g/mol. The lowest BCUT2D eigenvalue weighted by Gasteiger charge is -2.32. The van der Waals surface area contributed by atoms with E-state index >= 15 is 0 Å². The predicted molar refractivity (Wildman–Crippen MR) is 126 cm³/mol. The lowest BCUT2D eigenvalue weighted by Crippen LogP contribution is -2.34. The van der Waals surface area contributed by atoms with Crippen LogP contribution < -0.4 is 4.90 Å². The van der Waals surface area contributed by atoms with Gasteiger partial charge >= 0.3 is 0 Å². The number of aromatic nitrogens is 2. The average Bonchev–Trinajstić information content (AvgIpc) is 3.06. The van der Waals surface area contributed by atoms with Crippen LogP contribution in [-0.2, 0) is 4.79 Å². The Hall–Kier alpha value is -2.35. The van der Waals surface area contributed by atoms with Gasteiger partial charge in [0.25, 0.3) is 0 Å². The minimum Gasteiger partial charge on any atom is -0.278 e. The Balaban J connectivity index is 1.53. The van der Waals surface area contributed by atoms with E-state index in [2.05, 4.69) is 35.9 Å². The summed E-state index contributed by atoms with van der Waals surface area (Å²) in [5.74, 6) is 0.0524. The number of benzene rings is 2. The lowest BCUT2D eigenvalue weighted by atomic mass is 10.2. The maximum atomic E-state index is 13.7. The van der Waals surface area contributed by atoms with Gasteiger partial charge in [-0.2, -0.15) is 0 Å². The van der Waals surface area contributed by atoms with Crippen molar-refractivity contribution in [3.8, 4) is 0 Å². The third-order valence-corrected chi connectivity index (χ3v) is 8.55. The summed E-state index contributed by atoms with van der Waals surface area (Å²) in [4.78, 5) is 28.9. The number of amides is 1. The molecule has 0 unspecified atom stereocenters. The number of rotatable bonds is 3. The number of aryl methyl sites for hydroxylation is 2. The Morgan fingerprint density at radius 1 is 1.00 bits per heavy atom. The second kappa shape index (κ2) is 7.72. The van der Waals surface area contributed by atoms with Crippen LogP contribution in [0.15, 0.2) is 69.7 Å². The molecule has 2 aromatic carbocycles. The first-order valence-corrected chi connectivity index (χ1v) is 12.1. The maximum Gasteiger partial charge on any atom is 0.244 e. The lowest BCUT2D eigenvalue weighted by molar-refractivity contribution is -0.117. The molecule has 0 saturated heterocycles. The average molecular weight is 450 g/mol. The van der Waals surface area contributed by atoms with E-state index in [1.165, 1.54) is 22.2 Å². The van der Waals surface area contributed by atoms with Crippen molar-refractivity contribution in [2.45, 2.75) is 40.8 Å². The normalized spacial score (nSPS) is 13.8. The molecule has 1 aliphatic rings. The fourth-order valence-electron chi connectivity index (χ4n) is 3.58. The summed E-state index contributed by atoms with van der Waals surface area (Å²) in [7, 11) is 0. The van der Waals surface area contributed by atoms with Crippen molar-refractivity contribution in [1.29, 1.82) is 0 Å². The highest BCUT2D eigenvalue weighted by Gasteiger charge is 2.31. The van der Waals surface area contributed by atoms with Crippen LogP contribution in [-0.4, -0.2) is 21.1 Å². The molecule has 0 fully saturated rings. The van der Waals surface area contributed by atoms with E-state index in [4.69, 9.17) is 0 Å². The molecule has 5 rings (SSSR count). The first-order valence-electron chi connectivity index (χ1n) is 9.62. The molecule has 3 heterocycles. The second-order valence-electron chi connectivity index (χ2n) is 7.11. The second-order valence-corrected chi connectivity index (χ2v) is 10.7. The summed E-state index contributed by atoms with van der Waals surface area (Å²) in [6.07, 6.45) is 1.60. The molecule has 4 aromatic rings. The minimum atomic E-state index is -0.299. The van der Waals surface area contributed by atoms with Crippen molar-refractivity contribution in [3.63, 3.8) is 0 Å². The van der Waals surface area contributed by atoms with Gasteiger partial charge in [0.05, 0.1) is 16.6 Å². The molecule has 0 aliphatic carbocycles. The first-order chi connectivity index (χ1) is 14.5. The number of carbonyl (C=O) groups is 1. The third kappa shape index (κ3) is 3.21. The highest BCUT2D eigenvalue weighted by Crippen LogP contribution is 2.48. The summed E-state index contributed by atoms with van der Waals surface area (Å²) in [5.41, 5.74) is 3.07. The number of thiophene rings is 1. The van der Waals surface area contributed by atoms with Gasteiger partial charge in [-0.3, -0.25) is 9.69 Å². The van der Waals surface area contributed by atoms with E-state index in [0.29, 0.717) is 0 Å². The number of hydrogen-bond donors (Lipinski definition) is 0. The predicted octanol–water partition coefficient (Wildman–Crippen LogP) is 6.62. The number of fused-ring (bicyclic) bond motifs is 3. The van der Waals surface area contributed by atoms with E-state index in [9.17, 15) is 4.79 Å². The van der Waals surface area contributed by atoms with Crippen molar-refractivity contribution < 1.29 is 4.79 Å². The Labute approximate surface area is 187 Å². The SMILES string of the molecule is Cc1sc2ncnc(S[C@H](C)C(=O)N3c4ccccc4Sc4ccccc43)c2c1C. The van der Waals surface area contributed by atoms with Crippen molar-refractivity contribution in [2.75, 3.05) is 4.90 Å². The molecule has 0 radical (unpaired) electrons. The molecule has 30 heavy (non-hydrogen) atoms. The van der Waals surface area contributed by atoms with Crippen LogP contribution >= 0.6 is 34.9 Å². The summed E-state index contributed by atoms with van der Waals surface area (Å²) in [6, 6.07) is 16.2. The number of anilines is 2. The molecule has 2 aromatic heterocycles. The van der Waals surface area contributed by atoms with Crippen LogP contribution in [0.4, 0.5) is 11.4 Å². The molecule has 7 heteroatoms. The molecule has 1 aliphatic heterocycles. The molecular weight excluding hydrogens is 430 g/mol. The smallest absolute Gasteiger partial charge is 0.244 e. The molecule has 1 atom stereocenters. The molecule has 4 nitrogen and oxygen atoms in total. The van der Waals surface area contributed by atoms with Crippen LogP contribution in [0.1, 0.15) is 17.4 Å². The van der Waals surface area contributed by atoms with Crippen LogP contribution in [0.25, 0.3) is 10.2 Å². The Morgan fingerprint density at radius 3 is 2.30 bits per heavy atom. The van der Waals surface area contributed by atoms with E-state index in [1.54, 1.807) is 29.4 Å². The van der Waals surface area contributed by atoms with Crippen molar-refractivity contribution in [2.24, 2.45) is 0 Å². The first kappa shape index (κ1) is 19.6. The summed E-state index contributed by atoms with van der Waals surface area (Å²) in [5, 5.41) is 1.64. The number of hydrogen-bond acceptors (Lipinski definition) is 6. The van der Waals surface area contributed by atoms with Crippen LogP contribution in [0.3, 0.4) is 0 Å². The summed E-state index contributed by atoms with van der Waals surface area (Å²) >= 11 is 4.89. The van der Waals surface area contributed by atoms with Gasteiger partial charge in [-0.1, -0.05) is 47.8 Å². The van der Waals surface area contributed by atoms with E-state index in [0.717, 1.165) is 36.4 Å². The summed E-state index contributed by atoms with van der Waals surface area (Å²) < 4.78 is 0. The maximum absolute atomic E-state index is 13.7. The molecule has 1 amide bonds. The molecule has 0 bridgehead atoms. The molecule has 150 valence electrons. The van der Waals surface area contributed by atoms with Gasteiger partial charge in [-0.25, -0.2) is 9.97 Å². The van der Waals surface area contributed by atoms with E-state index in [1.807, 2.05) is 48.2 Å². The fourth-order valence-corrected chi connectivity index (χ4v) is 6.72. The number of para-hydroxylation sites is 2. The van der Waals surface area contributed by atoms with Gasteiger partial charge in [0, 0.05) is 20.1 Å². The minimum absolute atomic E-state index is 0.0524. The third-order valence-electron chi connectivity index (χ3n) is 5.22. The van der Waals surface area contributed by atoms with Crippen LogP contribution in [0, 0.1) is 13.8 Å². The van der Waals surface area contributed by atoms with E-state index < -0.39 is 0 Å². The van der Waals surface area contributed by atoms with Gasteiger partial charge in [-0.15, -0.1) is 11.3 Å². The van der Waals surface area contributed by atoms with Crippen molar-refractivity contribution in [1.82, 2.24) is 9.97 Å². The Kier molecular flexibility index (Phi) is 5.05. The van der Waals surface area contributed by atoms with Gasteiger partial charge in [0.15, 0.2) is 0 Å². The van der Waals surface area contributed by atoms with Gasteiger partial charge < -0.3 is 0 Å². The highest BCUT2D eigenvalue weighted by atomic mass is 32.2. The molecule has 0 saturated carbocycles. The number of thioether (sulfide) groups is 1. The largest absolute Gasteiger partial charge is 0.278 e. The zero-order valence-corrected chi connectivity index (χ0v) is 19.2. The van der Waals surface area contributed by atoms with Crippen LogP contribution in [0.2, 0.25) is 0 Å². The Morgan fingerprint density at radius 2 is 1.63 bits per heavy atom. The highest BCUT2D eigenvalue weighted by molar-refractivity contribution is 8.00. The fraction of sp³-hybridized carbons (Fsp3) is 0.174. The number of carbonyl (C=O) groups excluding carboxylic acids is 1. The zero-order chi connectivity index (χ0) is 20.8. The van der Waals surface area contributed by atoms with Gasteiger partial charge in [0.2, 0.25) is 5.91 Å². The molecular formula is C23H19N3OS3. The van der Waals surface area contributed by atoms with Crippen molar-refractivity contribution in [3.05, 3.63) is 65.3 Å². The number of nitrogens with zero attached hydrogens (tertiary/aromatic N) is 3. The molecule has 0 spiro atoms. The quantitative estimate of drug-likeness (QED) is 0.260. The standard InChI is InChI=1S/C23H19N3OS3/c1-13-14(2)28-21-20(13)22(25-12-24-21)29-15(3)23(27)26-16-8-4-6-10-18(16)30-19-11-7-5-9-17(19)26/h4-12,15H,1-3H3/t15-/m1/s1. The molecule has 0 N–H and O–H groups in total. The Bertz CT molecular complexity index is 1240. The topological polar surface area (TPSA) is 46.1 Å². The summed E-state index contributed by atoms with van der Waals surface area (Å²) in [6.45, 7) is 6.16. The van der Waals surface area contributed by atoms with Crippen LogP contribution in [0.5, 0.6) is 0 Å². The van der Waals surface area contributed by atoms with Crippen molar-refractivity contribution >= 4 is 62.4 Å².